The van der Waals surface area contributed by atoms with Crippen LogP contribution in [-0.2, 0) is 0 Å². The van der Waals surface area contributed by atoms with E-state index >= 15 is 0 Å². The fraction of sp³-hybridized carbons (Fsp3) is 0. The molecular weight excluding hydrogens is 208 g/mol. The molecule has 1 aromatic carbocycles. The first-order valence-corrected chi connectivity index (χ1v) is 4.66. The maximum Gasteiger partial charge on any atom is 0.265 e. The van der Waals surface area contributed by atoms with Gasteiger partial charge in [-0.05, 0) is 12.1 Å². The third-order valence-corrected chi connectivity index (χ3v) is 2.38. The molecule has 78 valence electrons. The van der Waals surface area contributed by atoms with Crippen LogP contribution in [0.5, 0.6) is 0 Å². The number of aromatic nitrogens is 2. The molecule has 1 N–H and O–H groups in total. The van der Waals surface area contributed by atoms with Crippen molar-refractivity contribution in [3.05, 3.63) is 51.2 Å². The second-order valence-electron chi connectivity index (χ2n) is 3.34. The smallest absolute Gasteiger partial charge is 0.265 e. The zero-order valence-electron chi connectivity index (χ0n) is 8.06. The molecule has 0 aliphatic heterocycles. The van der Waals surface area contributed by atoms with Crippen LogP contribution < -0.4 is 11.0 Å². The molecule has 0 spiro atoms. The average Bonchev–Trinajstić information content (AvgIpc) is 2.29. The Hall–Kier alpha value is -2.43. The molecule has 5 nitrogen and oxygen atoms in total. The number of para-hydroxylation sites is 1. The van der Waals surface area contributed by atoms with Gasteiger partial charge < -0.3 is 9.40 Å². The van der Waals surface area contributed by atoms with E-state index in [1.165, 1.54) is 6.33 Å². The van der Waals surface area contributed by atoms with Crippen molar-refractivity contribution in [2.45, 2.75) is 0 Å². The fourth-order valence-corrected chi connectivity index (χ4v) is 1.64. The Morgan fingerprint density at radius 3 is 2.88 bits per heavy atom. The van der Waals surface area contributed by atoms with Gasteiger partial charge in [0.2, 0.25) is 11.1 Å². The summed E-state index contributed by atoms with van der Waals surface area (Å²) in [6.45, 7) is 0. The maximum absolute atomic E-state index is 12.0. The van der Waals surface area contributed by atoms with Gasteiger partial charge in [0.1, 0.15) is 5.58 Å². The second-order valence-corrected chi connectivity index (χ2v) is 3.34. The average molecular weight is 214 g/mol. The van der Waals surface area contributed by atoms with E-state index in [0.717, 1.165) is 0 Å². The summed E-state index contributed by atoms with van der Waals surface area (Å²) in [5.74, 6) is 0. The van der Waals surface area contributed by atoms with Crippen LogP contribution in [0.25, 0.3) is 22.1 Å². The van der Waals surface area contributed by atoms with Crippen LogP contribution in [0.4, 0.5) is 0 Å². The van der Waals surface area contributed by atoms with Crippen LogP contribution in [-0.4, -0.2) is 9.97 Å². The summed E-state index contributed by atoms with van der Waals surface area (Å²) in [7, 11) is 0. The standard InChI is InChI=1S/C11H6N2O3/c14-9-6-3-1-2-4-7(6)16-11-8(9)10(15)12-5-13-11/h1-5H,(H,12,13,15). The lowest BCUT2D eigenvalue weighted by atomic mass is 10.2. The highest BCUT2D eigenvalue weighted by Gasteiger charge is 2.10. The van der Waals surface area contributed by atoms with Crippen LogP contribution in [0, 0.1) is 0 Å². The Labute approximate surface area is 88.4 Å². The predicted octanol–water partition coefficient (Wildman–Crippen LogP) is 1.03. The second kappa shape index (κ2) is 3.03. The van der Waals surface area contributed by atoms with Crippen molar-refractivity contribution in [3.8, 4) is 0 Å². The number of fused-ring (bicyclic) bond motifs is 2. The molecule has 5 heteroatoms. The molecular formula is C11H6N2O3. The molecule has 0 fully saturated rings. The van der Waals surface area contributed by atoms with E-state index in [2.05, 4.69) is 9.97 Å². The minimum absolute atomic E-state index is 0.0406. The van der Waals surface area contributed by atoms with Gasteiger partial charge in [-0.25, -0.2) is 4.98 Å². The number of rotatable bonds is 0. The third-order valence-electron chi connectivity index (χ3n) is 2.38. The zero-order valence-corrected chi connectivity index (χ0v) is 8.06. The first-order valence-electron chi connectivity index (χ1n) is 4.66. The number of nitrogens with zero attached hydrogens (tertiary/aromatic N) is 1. The van der Waals surface area contributed by atoms with Gasteiger partial charge in [0.15, 0.2) is 5.39 Å². The van der Waals surface area contributed by atoms with Gasteiger partial charge in [0, 0.05) is 0 Å². The largest absolute Gasteiger partial charge is 0.437 e. The van der Waals surface area contributed by atoms with Gasteiger partial charge in [-0.15, -0.1) is 0 Å². The Morgan fingerprint density at radius 1 is 1.19 bits per heavy atom. The van der Waals surface area contributed by atoms with Crippen molar-refractivity contribution >= 4 is 22.1 Å². The molecule has 2 aromatic heterocycles. The summed E-state index contributed by atoms with van der Waals surface area (Å²) < 4.78 is 5.38. The van der Waals surface area contributed by atoms with Gasteiger partial charge in [-0.1, -0.05) is 12.1 Å². The number of benzene rings is 1. The molecule has 0 unspecified atom stereocenters. The molecule has 0 radical (unpaired) electrons. The first-order chi connectivity index (χ1) is 7.77. The summed E-state index contributed by atoms with van der Waals surface area (Å²) in [4.78, 5) is 29.7. The van der Waals surface area contributed by atoms with Gasteiger partial charge in [-0.3, -0.25) is 9.59 Å². The van der Waals surface area contributed by atoms with Crippen molar-refractivity contribution in [1.29, 1.82) is 0 Å². The van der Waals surface area contributed by atoms with Crippen molar-refractivity contribution in [1.82, 2.24) is 9.97 Å². The van der Waals surface area contributed by atoms with Gasteiger partial charge in [0.05, 0.1) is 11.7 Å². The van der Waals surface area contributed by atoms with Crippen LogP contribution in [0.2, 0.25) is 0 Å². The van der Waals surface area contributed by atoms with E-state index in [-0.39, 0.29) is 16.5 Å². The van der Waals surface area contributed by atoms with E-state index in [9.17, 15) is 9.59 Å². The molecule has 0 amide bonds. The SMILES string of the molecule is O=c1[nH]cnc2oc3ccccc3c(=O)c12. The van der Waals surface area contributed by atoms with E-state index < -0.39 is 5.56 Å². The molecule has 16 heavy (non-hydrogen) atoms. The minimum atomic E-state index is -0.482. The van der Waals surface area contributed by atoms with E-state index in [1.54, 1.807) is 24.3 Å². The van der Waals surface area contributed by atoms with Gasteiger partial charge in [0.25, 0.3) is 5.56 Å². The lowest BCUT2D eigenvalue weighted by molar-refractivity contribution is 0.642. The summed E-state index contributed by atoms with van der Waals surface area (Å²) in [6, 6.07) is 6.76. The first kappa shape index (κ1) is 8.84. The molecule has 0 saturated heterocycles. The van der Waals surface area contributed by atoms with Crippen molar-refractivity contribution in [2.24, 2.45) is 0 Å². The quantitative estimate of drug-likeness (QED) is 0.567. The molecule has 3 aromatic rings. The summed E-state index contributed by atoms with van der Waals surface area (Å²) >= 11 is 0. The highest BCUT2D eigenvalue weighted by atomic mass is 16.3. The Bertz CT molecular complexity index is 801. The van der Waals surface area contributed by atoms with Crippen molar-refractivity contribution in [2.75, 3.05) is 0 Å². The molecule has 0 aliphatic rings. The van der Waals surface area contributed by atoms with Gasteiger partial charge >= 0.3 is 0 Å². The number of aromatic amines is 1. The van der Waals surface area contributed by atoms with Crippen LogP contribution >= 0.6 is 0 Å². The lowest BCUT2D eigenvalue weighted by Crippen LogP contribution is -2.16. The van der Waals surface area contributed by atoms with E-state index in [4.69, 9.17) is 4.42 Å². The topological polar surface area (TPSA) is 76.0 Å². The minimum Gasteiger partial charge on any atom is -0.437 e. The van der Waals surface area contributed by atoms with E-state index in [1.807, 2.05) is 0 Å². The monoisotopic (exact) mass is 214 g/mol. The Kier molecular flexibility index (Phi) is 1.67. The zero-order chi connectivity index (χ0) is 11.1. The molecule has 0 saturated carbocycles. The molecule has 2 heterocycles. The van der Waals surface area contributed by atoms with Crippen molar-refractivity contribution in [3.63, 3.8) is 0 Å². The van der Waals surface area contributed by atoms with E-state index in [0.29, 0.717) is 11.0 Å². The lowest BCUT2D eigenvalue weighted by Gasteiger charge is -1.98. The Balaban J connectivity index is 2.73. The molecule has 0 atom stereocenters. The number of hydrogen-bond acceptors (Lipinski definition) is 4. The van der Waals surface area contributed by atoms with Crippen LogP contribution in [0.15, 0.2) is 44.6 Å². The fourth-order valence-electron chi connectivity index (χ4n) is 1.64. The van der Waals surface area contributed by atoms with Gasteiger partial charge in [-0.2, -0.15) is 0 Å². The third kappa shape index (κ3) is 1.08. The summed E-state index contributed by atoms with van der Waals surface area (Å²) in [6.07, 6.45) is 1.21. The molecule has 0 bridgehead atoms. The van der Waals surface area contributed by atoms with Crippen LogP contribution in [0.1, 0.15) is 0 Å². The summed E-state index contributed by atoms with van der Waals surface area (Å²) in [5.41, 5.74) is -0.346. The highest BCUT2D eigenvalue weighted by Crippen LogP contribution is 2.13. The number of hydrogen-bond donors (Lipinski definition) is 1. The molecule has 0 aliphatic carbocycles. The normalized spacial score (nSPS) is 11.0. The number of H-pyrrole nitrogens is 1. The highest BCUT2D eigenvalue weighted by molar-refractivity contribution is 5.87. The van der Waals surface area contributed by atoms with Crippen molar-refractivity contribution < 1.29 is 4.42 Å². The number of nitrogens with one attached hydrogen (secondary N) is 1. The Morgan fingerprint density at radius 2 is 2.00 bits per heavy atom. The molecule has 3 rings (SSSR count). The maximum atomic E-state index is 12.0. The predicted molar refractivity (Wildman–Crippen MR) is 58.4 cm³/mol. The van der Waals surface area contributed by atoms with Crippen LogP contribution in [0.3, 0.4) is 0 Å². The summed E-state index contributed by atoms with van der Waals surface area (Å²) in [5, 5.41) is 0.342.